The highest BCUT2D eigenvalue weighted by Gasteiger charge is 2.16. The minimum atomic E-state index is -0.684. The predicted octanol–water partition coefficient (Wildman–Crippen LogP) is 4.39. The van der Waals surface area contributed by atoms with Crippen molar-refractivity contribution in [2.75, 3.05) is 20.8 Å². The third-order valence-electron chi connectivity index (χ3n) is 5.46. The van der Waals surface area contributed by atoms with Gasteiger partial charge in [-0.1, -0.05) is 36.4 Å². The third-order valence-corrected chi connectivity index (χ3v) is 5.46. The van der Waals surface area contributed by atoms with Gasteiger partial charge in [0.15, 0.2) is 11.5 Å². The van der Waals surface area contributed by atoms with E-state index in [1.54, 1.807) is 14.2 Å². The number of hydrogen-bond donors (Lipinski definition) is 1. The standard InChI is InChI=1S/C26H28N2O4/c1-18-8-4-7-11-23(18)32-17-20(29)16-28-22-10-6-5-9-21(22)27-26(28)15-19-12-13-24(30-2)25(14-19)31-3/h4-14,20,29H,15-17H2,1-3H3/t20-/m1/s1. The number of imidazole rings is 1. The Bertz CT molecular complexity index is 1200. The molecule has 4 aromatic rings. The number of benzene rings is 3. The Hall–Kier alpha value is -3.51. The highest BCUT2D eigenvalue weighted by molar-refractivity contribution is 5.76. The molecule has 0 amide bonds. The molecule has 0 saturated carbocycles. The zero-order chi connectivity index (χ0) is 22.5. The lowest BCUT2D eigenvalue weighted by Crippen LogP contribution is -2.24. The van der Waals surface area contributed by atoms with Crippen LogP contribution < -0.4 is 14.2 Å². The van der Waals surface area contributed by atoms with Crippen LogP contribution in [0.2, 0.25) is 0 Å². The zero-order valence-corrected chi connectivity index (χ0v) is 18.6. The van der Waals surface area contributed by atoms with Crippen molar-refractivity contribution in [1.29, 1.82) is 0 Å². The van der Waals surface area contributed by atoms with E-state index in [2.05, 4.69) is 4.57 Å². The molecule has 1 atom stereocenters. The smallest absolute Gasteiger partial charge is 0.161 e. The van der Waals surface area contributed by atoms with Gasteiger partial charge in [-0.3, -0.25) is 0 Å². The number of rotatable bonds is 9. The van der Waals surface area contributed by atoms with Gasteiger partial charge in [0.1, 0.15) is 24.3 Å². The second-order valence-electron chi connectivity index (χ2n) is 7.72. The van der Waals surface area contributed by atoms with E-state index < -0.39 is 6.10 Å². The summed E-state index contributed by atoms with van der Waals surface area (Å²) in [5.41, 5.74) is 3.97. The van der Waals surface area contributed by atoms with Crippen molar-refractivity contribution in [3.05, 3.63) is 83.7 Å². The van der Waals surface area contributed by atoms with Crippen molar-refractivity contribution < 1.29 is 19.3 Å². The van der Waals surface area contributed by atoms with Gasteiger partial charge in [-0.25, -0.2) is 4.98 Å². The normalized spacial score (nSPS) is 12.0. The summed E-state index contributed by atoms with van der Waals surface area (Å²) in [5.74, 6) is 3.02. The molecule has 0 aliphatic carbocycles. The Morgan fingerprint density at radius 2 is 1.66 bits per heavy atom. The molecule has 0 unspecified atom stereocenters. The van der Waals surface area contributed by atoms with E-state index in [1.807, 2.05) is 73.7 Å². The summed E-state index contributed by atoms with van der Waals surface area (Å²) in [4.78, 5) is 4.83. The van der Waals surface area contributed by atoms with E-state index >= 15 is 0 Å². The first kappa shape index (κ1) is 21.7. The Morgan fingerprint density at radius 1 is 0.906 bits per heavy atom. The monoisotopic (exact) mass is 432 g/mol. The van der Waals surface area contributed by atoms with Crippen LogP contribution in [0.1, 0.15) is 17.0 Å². The van der Waals surface area contributed by atoms with E-state index in [4.69, 9.17) is 19.2 Å². The maximum Gasteiger partial charge on any atom is 0.161 e. The highest BCUT2D eigenvalue weighted by Crippen LogP contribution is 2.29. The minimum absolute atomic E-state index is 0.202. The Morgan fingerprint density at radius 3 is 2.44 bits per heavy atom. The molecule has 0 bridgehead atoms. The maximum atomic E-state index is 10.8. The van der Waals surface area contributed by atoms with Gasteiger partial charge in [0, 0.05) is 6.42 Å². The summed E-state index contributed by atoms with van der Waals surface area (Å²) in [6.45, 7) is 2.58. The summed E-state index contributed by atoms with van der Waals surface area (Å²) in [7, 11) is 3.25. The lowest BCUT2D eigenvalue weighted by molar-refractivity contribution is 0.0925. The van der Waals surface area contributed by atoms with Crippen molar-refractivity contribution in [2.24, 2.45) is 0 Å². The quantitative estimate of drug-likeness (QED) is 0.425. The fourth-order valence-electron chi connectivity index (χ4n) is 3.81. The van der Waals surface area contributed by atoms with Crippen molar-refractivity contribution in [1.82, 2.24) is 9.55 Å². The molecule has 0 spiro atoms. The molecule has 1 heterocycles. The number of aliphatic hydroxyl groups is 1. The number of ether oxygens (including phenoxy) is 3. The molecular weight excluding hydrogens is 404 g/mol. The van der Waals surface area contributed by atoms with Gasteiger partial charge < -0.3 is 23.9 Å². The fraction of sp³-hybridized carbons (Fsp3) is 0.269. The average Bonchev–Trinajstić information content (AvgIpc) is 3.15. The molecule has 3 aromatic carbocycles. The molecule has 0 saturated heterocycles. The van der Waals surface area contributed by atoms with Gasteiger partial charge in [0.25, 0.3) is 0 Å². The molecule has 0 fully saturated rings. The van der Waals surface area contributed by atoms with Gasteiger partial charge in [-0.05, 0) is 48.4 Å². The molecular formula is C26H28N2O4. The van der Waals surface area contributed by atoms with Gasteiger partial charge in [-0.15, -0.1) is 0 Å². The number of aliphatic hydroxyl groups excluding tert-OH is 1. The van der Waals surface area contributed by atoms with E-state index in [0.717, 1.165) is 33.7 Å². The fourth-order valence-corrected chi connectivity index (χ4v) is 3.81. The number of aryl methyl sites for hydroxylation is 1. The molecule has 6 heteroatoms. The lowest BCUT2D eigenvalue weighted by Gasteiger charge is -2.17. The van der Waals surface area contributed by atoms with E-state index in [-0.39, 0.29) is 6.61 Å². The largest absolute Gasteiger partial charge is 0.493 e. The topological polar surface area (TPSA) is 65.7 Å². The van der Waals surface area contributed by atoms with Crippen LogP contribution >= 0.6 is 0 Å². The van der Waals surface area contributed by atoms with Gasteiger partial charge in [0.05, 0.1) is 31.8 Å². The predicted molar refractivity (Wildman–Crippen MR) is 125 cm³/mol. The molecule has 4 rings (SSSR count). The molecule has 0 aliphatic heterocycles. The van der Waals surface area contributed by atoms with Crippen LogP contribution in [-0.2, 0) is 13.0 Å². The summed E-state index contributed by atoms with van der Waals surface area (Å²) >= 11 is 0. The Labute approximate surface area is 188 Å². The highest BCUT2D eigenvalue weighted by atomic mass is 16.5. The second-order valence-corrected chi connectivity index (χ2v) is 7.72. The number of aromatic nitrogens is 2. The van der Waals surface area contributed by atoms with Gasteiger partial charge in [0.2, 0.25) is 0 Å². The number of hydrogen-bond acceptors (Lipinski definition) is 5. The summed E-state index contributed by atoms with van der Waals surface area (Å²) < 4.78 is 18.7. The summed E-state index contributed by atoms with van der Waals surface area (Å²) in [6, 6.07) is 21.6. The number of nitrogens with zero attached hydrogens (tertiary/aromatic N) is 2. The van der Waals surface area contributed by atoms with Gasteiger partial charge >= 0.3 is 0 Å². The van der Waals surface area contributed by atoms with Crippen molar-refractivity contribution in [3.8, 4) is 17.2 Å². The molecule has 6 nitrogen and oxygen atoms in total. The van der Waals surface area contributed by atoms with Crippen LogP contribution in [0, 0.1) is 6.92 Å². The van der Waals surface area contributed by atoms with E-state index in [9.17, 15) is 5.11 Å². The molecule has 1 N–H and O–H groups in total. The van der Waals surface area contributed by atoms with Gasteiger partial charge in [-0.2, -0.15) is 0 Å². The first-order valence-corrected chi connectivity index (χ1v) is 10.6. The second kappa shape index (κ2) is 9.75. The number of methoxy groups -OCH3 is 2. The zero-order valence-electron chi connectivity index (χ0n) is 18.6. The molecule has 0 radical (unpaired) electrons. The van der Waals surface area contributed by atoms with Crippen LogP contribution in [0.15, 0.2) is 66.7 Å². The van der Waals surface area contributed by atoms with E-state index in [1.165, 1.54) is 0 Å². The van der Waals surface area contributed by atoms with Crippen LogP contribution in [0.25, 0.3) is 11.0 Å². The van der Waals surface area contributed by atoms with E-state index in [0.29, 0.717) is 24.5 Å². The van der Waals surface area contributed by atoms with Crippen LogP contribution in [-0.4, -0.2) is 41.6 Å². The number of fused-ring (bicyclic) bond motifs is 1. The average molecular weight is 433 g/mol. The summed E-state index contributed by atoms with van der Waals surface area (Å²) in [5, 5.41) is 10.8. The first-order valence-electron chi connectivity index (χ1n) is 10.6. The Balaban J connectivity index is 1.57. The Kier molecular flexibility index (Phi) is 6.61. The minimum Gasteiger partial charge on any atom is -0.493 e. The first-order chi connectivity index (χ1) is 15.6. The molecule has 1 aromatic heterocycles. The summed E-state index contributed by atoms with van der Waals surface area (Å²) in [6.07, 6.45) is -0.0863. The SMILES string of the molecule is COc1ccc(Cc2nc3ccccc3n2C[C@@H](O)COc2ccccc2C)cc1OC. The van der Waals surface area contributed by atoms with Crippen LogP contribution in [0.4, 0.5) is 0 Å². The third kappa shape index (κ3) is 4.70. The van der Waals surface area contributed by atoms with Crippen LogP contribution in [0.5, 0.6) is 17.2 Å². The molecule has 32 heavy (non-hydrogen) atoms. The molecule has 166 valence electrons. The number of para-hydroxylation sites is 3. The van der Waals surface area contributed by atoms with Crippen LogP contribution in [0.3, 0.4) is 0 Å². The van der Waals surface area contributed by atoms with Crippen molar-refractivity contribution in [3.63, 3.8) is 0 Å². The lowest BCUT2D eigenvalue weighted by atomic mass is 10.1. The van der Waals surface area contributed by atoms with Crippen molar-refractivity contribution >= 4 is 11.0 Å². The molecule has 0 aliphatic rings. The maximum absolute atomic E-state index is 10.8. The van der Waals surface area contributed by atoms with Crippen molar-refractivity contribution in [2.45, 2.75) is 26.0 Å².